The van der Waals surface area contributed by atoms with Crippen molar-refractivity contribution >= 4 is 55.2 Å². The summed E-state index contributed by atoms with van der Waals surface area (Å²) in [6, 6.07) is 61.5. The van der Waals surface area contributed by atoms with Crippen LogP contribution in [0.4, 0.5) is 0 Å². The summed E-state index contributed by atoms with van der Waals surface area (Å²) in [6.07, 6.45) is -0.473. The molecule has 9 aromatic rings. The maximum Gasteiger partial charge on any atom is 0.170 e. The van der Waals surface area contributed by atoms with Crippen molar-refractivity contribution in [1.29, 1.82) is 0 Å². The first-order valence-electron chi connectivity index (χ1n) is 17.3. The molecule has 240 valence electrons. The number of fused-ring (bicyclic) bond motifs is 5. The first kappa shape index (κ1) is 29.2. The van der Waals surface area contributed by atoms with E-state index >= 15 is 0 Å². The second-order valence-corrected chi connectivity index (χ2v) is 13.0. The minimum atomic E-state index is -0.473. The Morgan fingerprint density at radius 3 is 1.88 bits per heavy atom. The molecule has 10 rings (SSSR count). The molecular formula is C47H31N3O. The number of amidine groups is 2. The van der Waals surface area contributed by atoms with E-state index in [1.54, 1.807) is 0 Å². The van der Waals surface area contributed by atoms with Gasteiger partial charge in [0, 0.05) is 33.0 Å². The highest BCUT2D eigenvalue weighted by Gasteiger charge is 2.26. The molecule has 1 unspecified atom stereocenters. The third kappa shape index (κ3) is 5.00. The van der Waals surface area contributed by atoms with Crippen molar-refractivity contribution in [1.82, 2.24) is 5.32 Å². The van der Waals surface area contributed by atoms with Gasteiger partial charge in [-0.1, -0.05) is 152 Å². The van der Waals surface area contributed by atoms with Crippen LogP contribution < -0.4 is 5.32 Å². The van der Waals surface area contributed by atoms with Crippen molar-refractivity contribution in [3.8, 4) is 22.3 Å². The van der Waals surface area contributed by atoms with Crippen LogP contribution in [-0.4, -0.2) is 11.7 Å². The van der Waals surface area contributed by atoms with Gasteiger partial charge < -0.3 is 9.73 Å². The molecule has 0 saturated carbocycles. The van der Waals surface area contributed by atoms with E-state index < -0.39 is 6.17 Å². The molecule has 4 heteroatoms. The minimum absolute atomic E-state index is 0.473. The van der Waals surface area contributed by atoms with Crippen LogP contribution in [0.15, 0.2) is 190 Å². The van der Waals surface area contributed by atoms with Gasteiger partial charge in [0.05, 0.1) is 0 Å². The van der Waals surface area contributed by atoms with Gasteiger partial charge in [-0.25, -0.2) is 9.98 Å². The molecule has 1 N–H and O–H groups in total. The Labute approximate surface area is 295 Å². The molecule has 0 radical (unpaired) electrons. The van der Waals surface area contributed by atoms with Crippen LogP contribution in [0.3, 0.4) is 0 Å². The van der Waals surface area contributed by atoms with Gasteiger partial charge in [0.15, 0.2) is 6.17 Å². The Kier molecular flexibility index (Phi) is 6.85. The maximum atomic E-state index is 6.70. The zero-order valence-electron chi connectivity index (χ0n) is 27.6. The lowest BCUT2D eigenvalue weighted by Gasteiger charge is -2.24. The van der Waals surface area contributed by atoms with E-state index in [1.807, 2.05) is 30.3 Å². The van der Waals surface area contributed by atoms with Crippen LogP contribution in [-0.2, 0) is 0 Å². The lowest BCUT2D eigenvalue weighted by Crippen LogP contribution is -2.36. The lowest BCUT2D eigenvalue weighted by molar-refractivity contribution is 0.670. The van der Waals surface area contributed by atoms with Crippen LogP contribution >= 0.6 is 0 Å². The molecule has 0 fully saturated rings. The van der Waals surface area contributed by atoms with Crippen LogP contribution in [0.2, 0.25) is 0 Å². The third-order valence-corrected chi connectivity index (χ3v) is 9.95. The molecule has 1 aliphatic rings. The summed E-state index contributed by atoms with van der Waals surface area (Å²) in [5.41, 5.74) is 9.24. The van der Waals surface area contributed by atoms with E-state index in [0.717, 1.165) is 66.8 Å². The van der Waals surface area contributed by atoms with E-state index in [9.17, 15) is 0 Å². The average molecular weight is 654 g/mol. The van der Waals surface area contributed by atoms with Crippen molar-refractivity contribution in [3.63, 3.8) is 0 Å². The smallest absolute Gasteiger partial charge is 0.170 e. The topological polar surface area (TPSA) is 49.9 Å². The second-order valence-electron chi connectivity index (χ2n) is 13.0. The van der Waals surface area contributed by atoms with E-state index in [0.29, 0.717) is 0 Å². The highest BCUT2D eigenvalue weighted by molar-refractivity contribution is 6.25. The quantitative estimate of drug-likeness (QED) is 0.201. The molecule has 0 spiro atoms. The van der Waals surface area contributed by atoms with Crippen molar-refractivity contribution in [3.05, 3.63) is 193 Å². The van der Waals surface area contributed by atoms with Gasteiger partial charge in [-0.3, -0.25) is 0 Å². The number of hydrogen-bond donors (Lipinski definition) is 1. The van der Waals surface area contributed by atoms with Gasteiger partial charge in [-0.05, 0) is 62.5 Å². The fraction of sp³-hybridized carbons (Fsp3) is 0.0213. The predicted octanol–water partition coefficient (Wildman–Crippen LogP) is 11.7. The fourth-order valence-corrected chi connectivity index (χ4v) is 7.50. The molecule has 51 heavy (non-hydrogen) atoms. The van der Waals surface area contributed by atoms with Gasteiger partial charge in [0.25, 0.3) is 0 Å². The van der Waals surface area contributed by atoms with Gasteiger partial charge in [0.2, 0.25) is 0 Å². The number of hydrogen-bond acceptors (Lipinski definition) is 4. The molecule has 4 nitrogen and oxygen atoms in total. The standard InChI is InChI=1S/C47H31N3O/c1-3-14-31(15-4-1)35-25-27-39(38-20-10-9-19-37(35)38)46-48-45(32-16-5-2-6-17-32)49-47(50-46)41-28-26-36(34-24-23-30-13-7-8-18-33(30)29-34)44-43(41)40-21-11-12-22-42(40)51-44/h1-29,46H,(H,48,49,50). The lowest BCUT2D eigenvalue weighted by atomic mass is 9.93. The zero-order valence-corrected chi connectivity index (χ0v) is 27.6. The average Bonchev–Trinajstić information content (AvgIpc) is 3.60. The highest BCUT2D eigenvalue weighted by Crippen LogP contribution is 2.41. The summed E-state index contributed by atoms with van der Waals surface area (Å²) < 4.78 is 6.70. The Morgan fingerprint density at radius 1 is 0.431 bits per heavy atom. The monoisotopic (exact) mass is 653 g/mol. The van der Waals surface area contributed by atoms with E-state index in [2.05, 4.69) is 151 Å². The molecule has 0 bridgehead atoms. The van der Waals surface area contributed by atoms with E-state index in [-0.39, 0.29) is 0 Å². The first-order chi connectivity index (χ1) is 25.3. The summed E-state index contributed by atoms with van der Waals surface area (Å²) in [6.45, 7) is 0. The van der Waals surface area contributed by atoms with Gasteiger partial charge in [-0.2, -0.15) is 0 Å². The SMILES string of the molecule is c1ccc(C2=NC(c3ccc(-c4ccccc4)c4ccccc34)N=C(c3ccc(-c4ccc5ccccc5c4)c4oc5ccccc5c34)N2)cc1. The number of nitrogens with zero attached hydrogens (tertiary/aromatic N) is 2. The summed E-state index contributed by atoms with van der Waals surface area (Å²) in [7, 11) is 0. The van der Waals surface area contributed by atoms with Gasteiger partial charge in [-0.15, -0.1) is 0 Å². The van der Waals surface area contributed by atoms with Crippen molar-refractivity contribution in [2.24, 2.45) is 9.98 Å². The van der Waals surface area contributed by atoms with Crippen molar-refractivity contribution < 1.29 is 4.42 Å². The third-order valence-electron chi connectivity index (χ3n) is 9.95. The number of rotatable bonds is 5. The van der Waals surface area contributed by atoms with Crippen LogP contribution in [0.1, 0.15) is 22.9 Å². The Bertz CT molecular complexity index is 2830. The predicted molar refractivity (Wildman–Crippen MR) is 211 cm³/mol. The van der Waals surface area contributed by atoms with Gasteiger partial charge in [0.1, 0.15) is 22.8 Å². The molecular weight excluding hydrogens is 623 g/mol. The van der Waals surface area contributed by atoms with Gasteiger partial charge >= 0.3 is 0 Å². The Balaban J connectivity index is 1.19. The Hall–Kier alpha value is -6.78. The molecule has 0 amide bonds. The van der Waals surface area contributed by atoms with E-state index in [4.69, 9.17) is 14.4 Å². The molecule has 2 heterocycles. The summed E-state index contributed by atoms with van der Waals surface area (Å²) in [4.78, 5) is 10.7. The summed E-state index contributed by atoms with van der Waals surface area (Å²) in [5, 5.41) is 10.5. The number of para-hydroxylation sites is 1. The van der Waals surface area contributed by atoms with Crippen molar-refractivity contribution in [2.45, 2.75) is 6.17 Å². The molecule has 1 aromatic heterocycles. The van der Waals surface area contributed by atoms with Crippen LogP contribution in [0, 0.1) is 0 Å². The summed E-state index contributed by atoms with van der Waals surface area (Å²) in [5.74, 6) is 1.54. The molecule has 8 aromatic carbocycles. The molecule has 1 aliphatic heterocycles. The number of furan rings is 1. The van der Waals surface area contributed by atoms with Crippen LogP contribution in [0.5, 0.6) is 0 Å². The van der Waals surface area contributed by atoms with Crippen LogP contribution in [0.25, 0.3) is 65.7 Å². The molecule has 0 aliphatic carbocycles. The Morgan fingerprint density at radius 2 is 1.06 bits per heavy atom. The number of nitrogens with one attached hydrogen (secondary N) is 1. The largest absolute Gasteiger partial charge is 0.455 e. The minimum Gasteiger partial charge on any atom is -0.455 e. The number of benzene rings is 8. The fourth-order valence-electron chi connectivity index (χ4n) is 7.50. The molecule has 0 saturated heterocycles. The first-order valence-corrected chi connectivity index (χ1v) is 17.3. The van der Waals surface area contributed by atoms with Crippen molar-refractivity contribution in [2.75, 3.05) is 0 Å². The normalized spacial score (nSPS) is 14.5. The highest BCUT2D eigenvalue weighted by atomic mass is 16.3. The second kappa shape index (κ2) is 12.0. The zero-order chi connectivity index (χ0) is 33.7. The maximum absolute atomic E-state index is 6.70. The molecule has 1 atom stereocenters. The number of aliphatic imine (C=N–C) groups is 2. The van der Waals surface area contributed by atoms with E-state index in [1.165, 1.54) is 27.3 Å². The summed E-state index contributed by atoms with van der Waals surface area (Å²) >= 11 is 0.